The monoisotopic (exact) mass is 316 g/mol. The minimum Gasteiger partial charge on any atom is -0.329 e. The summed E-state index contributed by atoms with van der Waals surface area (Å²) in [6, 6.07) is 4.42. The lowest BCUT2D eigenvalue weighted by Crippen LogP contribution is -2.21. The summed E-state index contributed by atoms with van der Waals surface area (Å²) in [5.41, 5.74) is 11.4. The van der Waals surface area contributed by atoms with Crippen LogP contribution in [-0.2, 0) is 0 Å². The summed E-state index contributed by atoms with van der Waals surface area (Å²) in [6.07, 6.45) is 0. The molecule has 0 aliphatic heterocycles. The molecule has 4 N–H and O–H groups in total. The van der Waals surface area contributed by atoms with Gasteiger partial charge in [0.15, 0.2) is 0 Å². The first-order valence-corrected chi connectivity index (χ1v) is 4.63. The van der Waals surface area contributed by atoms with Gasteiger partial charge in [0.2, 0.25) is 0 Å². The molecule has 0 aliphatic rings. The predicted molar refractivity (Wildman–Crippen MR) is 62.3 cm³/mol. The summed E-state index contributed by atoms with van der Waals surface area (Å²) in [6.45, 7) is 0.261. The Morgan fingerprint density at radius 3 is 2.62 bits per heavy atom. The van der Waals surface area contributed by atoms with E-state index >= 15 is 0 Å². The maximum absolute atomic E-state index is 13.1. The molecule has 0 aromatic heterocycles. The number of hydrogen-bond acceptors (Lipinski definition) is 2. The zero-order valence-corrected chi connectivity index (χ0v) is 9.81. The number of rotatable bonds is 2. The summed E-state index contributed by atoms with van der Waals surface area (Å²) in [5.74, 6) is -0.284. The third-order valence-corrected chi connectivity index (χ3v) is 2.28. The van der Waals surface area contributed by atoms with Crippen LogP contribution in [0.2, 0.25) is 0 Å². The second-order valence-electron chi connectivity index (χ2n) is 2.51. The fraction of sp³-hybridized carbons (Fsp3) is 0.250. The van der Waals surface area contributed by atoms with Crippen LogP contribution in [0.4, 0.5) is 4.39 Å². The van der Waals surface area contributed by atoms with Crippen LogP contribution in [0.3, 0.4) is 0 Å². The Hall–Kier alpha value is 0.0900. The third kappa shape index (κ3) is 3.38. The van der Waals surface area contributed by atoms with Crippen LogP contribution in [0, 0.1) is 9.39 Å². The highest BCUT2D eigenvalue weighted by Gasteiger charge is 2.09. The van der Waals surface area contributed by atoms with Crippen LogP contribution in [0.15, 0.2) is 18.2 Å². The van der Waals surface area contributed by atoms with E-state index in [0.29, 0.717) is 5.56 Å². The van der Waals surface area contributed by atoms with Crippen LogP contribution in [-0.4, -0.2) is 6.54 Å². The second kappa shape index (κ2) is 5.74. The number of nitrogens with two attached hydrogens (primary N) is 2. The van der Waals surface area contributed by atoms with Crippen molar-refractivity contribution in [1.29, 1.82) is 0 Å². The Balaban J connectivity index is 0.00000144. The molecule has 1 rings (SSSR count). The van der Waals surface area contributed by atoms with Gasteiger partial charge in [-0.1, -0.05) is 0 Å². The fourth-order valence-electron chi connectivity index (χ4n) is 0.926. The molecule has 1 aromatic carbocycles. The van der Waals surface area contributed by atoms with E-state index < -0.39 is 6.04 Å². The Morgan fingerprint density at radius 1 is 1.46 bits per heavy atom. The summed E-state index contributed by atoms with van der Waals surface area (Å²) < 4.78 is 14.0. The summed E-state index contributed by atoms with van der Waals surface area (Å²) in [5, 5.41) is 0. The largest absolute Gasteiger partial charge is 0.329 e. The summed E-state index contributed by atoms with van der Waals surface area (Å²) in [4.78, 5) is 0. The fourth-order valence-corrected chi connectivity index (χ4v) is 1.44. The van der Waals surface area contributed by atoms with Gasteiger partial charge in [-0.15, -0.1) is 12.4 Å². The first-order valence-electron chi connectivity index (χ1n) is 3.55. The maximum Gasteiger partial charge on any atom is 0.128 e. The van der Waals surface area contributed by atoms with Crippen LogP contribution < -0.4 is 11.5 Å². The highest BCUT2D eigenvalue weighted by atomic mass is 127. The third-order valence-electron chi connectivity index (χ3n) is 1.61. The molecular weight excluding hydrogens is 305 g/mol. The maximum atomic E-state index is 13.1. The molecule has 2 nitrogen and oxygen atoms in total. The molecule has 13 heavy (non-hydrogen) atoms. The van der Waals surface area contributed by atoms with Crippen LogP contribution in [0.1, 0.15) is 11.6 Å². The van der Waals surface area contributed by atoms with Gasteiger partial charge < -0.3 is 11.5 Å². The van der Waals surface area contributed by atoms with E-state index in [-0.39, 0.29) is 24.8 Å². The van der Waals surface area contributed by atoms with Crippen molar-refractivity contribution in [3.05, 3.63) is 33.1 Å². The molecule has 0 saturated carbocycles. The van der Waals surface area contributed by atoms with Crippen molar-refractivity contribution in [1.82, 2.24) is 0 Å². The van der Waals surface area contributed by atoms with E-state index in [1.54, 1.807) is 12.1 Å². The number of hydrogen-bond donors (Lipinski definition) is 2. The summed E-state index contributed by atoms with van der Waals surface area (Å²) in [7, 11) is 0. The Morgan fingerprint density at radius 2 is 2.08 bits per heavy atom. The van der Waals surface area contributed by atoms with Gasteiger partial charge in [0.1, 0.15) is 5.82 Å². The van der Waals surface area contributed by atoms with Gasteiger partial charge in [0, 0.05) is 21.7 Å². The van der Waals surface area contributed by atoms with Gasteiger partial charge in [-0.05, 0) is 40.8 Å². The minimum absolute atomic E-state index is 0. The Labute approximate surface area is 96.4 Å². The van der Waals surface area contributed by atoms with Gasteiger partial charge in [-0.2, -0.15) is 0 Å². The molecule has 0 fully saturated rings. The van der Waals surface area contributed by atoms with E-state index in [1.807, 2.05) is 0 Å². The van der Waals surface area contributed by atoms with Crippen molar-refractivity contribution in [2.75, 3.05) is 6.54 Å². The molecule has 0 aliphatic carbocycles. The van der Waals surface area contributed by atoms with Crippen LogP contribution in [0.5, 0.6) is 0 Å². The molecule has 0 amide bonds. The normalized spacial score (nSPS) is 12.0. The molecule has 0 saturated heterocycles. The molecule has 5 heteroatoms. The highest BCUT2D eigenvalue weighted by molar-refractivity contribution is 14.1. The Kier molecular flexibility index (Phi) is 5.78. The lowest BCUT2D eigenvalue weighted by atomic mass is 10.1. The molecule has 0 spiro atoms. The average Bonchev–Trinajstić information content (AvgIpc) is 2.08. The molecule has 0 heterocycles. The molecule has 74 valence electrons. The SMILES string of the molecule is Cl.NC[C@@H](N)c1cc(I)ccc1F. The highest BCUT2D eigenvalue weighted by Crippen LogP contribution is 2.17. The van der Waals surface area contributed by atoms with E-state index in [1.165, 1.54) is 6.07 Å². The molecule has 0 bridgehead atoms. The van der Waals surface area contributed by atoms with Crippen molar-refractivity contribution in [2.24, 2.45) is 11.5 Å². The topological polar surface area (TPSA) is 52.0 Å². The van der Waals surface area contributed by atoms with E-state index in [0.717, 1.165) is 3.57 Å². The van der Waals surface area contributed by atoms with E-state index in [2.05, 4.69) is 22.6 Å². The zero-order valence-electron chi connectivity index (χ0n) is 6.84. The number of halogens is 3. The predicted octanol–water partition coefficient (Wildman–Crippen LogP) is 1.81. The molecule has 1 atom stereocenters. The summed E-state index contributed by atoms with van der Waals surface area (Å²) >= 11 is 2.11. The van der Waals surface area contributed by atoms with Gasteiger partial charge in [-0.3, -0.25) is 0 Å². The minimum atomic E-state index is -0.403. The van der Waals surface area contributed by atoms with Crippen molar-refractivity contribution in [3.8, 4) is 0 Å². The standard InChI is InChI=1S/C8H10FIN2.ClH/c9-7-2-1-5(10)3-6(7)8(12)4-11;/h1-3,8H,4,11-12H2;1H/t8-;/m1./s1. The Bertz CT molecular complexity index is 283. The van der Waals surface area contributed by atoms with Gasteiger partial charge in [0.25, 0.3) is 0 Å². The zero-order chi connectivity index (χ0) is 9.14. The first-order chi connectivity index (χ1) is 5.65. The second-order valence-corrected chi connectivity index (χ2v) is 3.75. The first kappa shape index (κ1) is 13.1. The molecule has 0 radical (unpaired) electrons. The molecule has 1 aromatic rings. The lowest BCUT2D eigenvalue weighted by Gasteiger charge is -2.10. The molecule has 0 unspecified atom stereocenters. The van der Waals surface area contributed by atoms with Crippen molar-refractivity contribution < 1.29 is 4.39 Å². The smallest absolute Gasteiger partial charge is 0.128 e. The lowest BCUT2D eigenvalue weighted by molar-refractivity contribution is 0.583. The van der Waals surface area contributed by atoms with E-state index in [4.69, 9.17) is 11.5 Å². The van der Waals surface area contributed by atoms with Gasteiger partial charge in [-0.25, -0.2) is 4.39 Å². The van der Waals surface area contributed by atoms with Crippen molar-refractivity contribution in [3.63, 3.8) is 0 Å². The van der Waals surface area contributed by atoms with Crippen LogP contribution in [0.25, 0.3) is 0 Å². The molecular formula is C8H11ClFIN2. The quantitative estimate of drug-likeness (QED) is 0.818. The van der Waals surface area contributed by atoms with Crippen molar-refractivity contribution >= 4 is 35.0 Å². The van der Waals surface area contributed by atoms with Crippen molar-refractivity contribution in [2.45, 2.75) is 6.04 Å². The van der Waals surface area contributed by atoms with E-state index in [9.17, 15) is 4.39 Å². The van der Waals surface area contributed by atoms with Gasteiger partial charge in [0.05, 0.1) is 0 Å². The van der Waals surface area contributed by atoms with Crippen LogP contribution >= 0.6 is 35.0 Å². The number of benzene rings is 1. The van der Waals surface area contributed by atoms with Gasteiger partial charge >= 0.3 is 0 Å². The average molecular weight is 317 g/mol.